The first kappa shape index (κ1) is 17.5. The summed E-state index contributed by atoms with van der Waals surface area (Å²) in [7, 11) is 0. The summed E-state index contributed by atoms with van der Waals surface area (Å²) in [5.74, 6) is -2.77. The van der Waals surface area contributed by atoms with Crippen molar-refractivity contribution in [3.8, 4) is 6.19 Å². The number of halogens is 2. The van der Waals surface area contributed by atoms with Crippen molar-refractivity contribution in [2.75, 3.05) is 18.4 Å². The van der Waals surface area contributed by atoms with Crippen molar-refractivity contribution < 1.29 is 13.6 Å². The van der Waals surface area contributed by atoms with Gasteiger partial charge in [-0.3, -0.25) is 9.78 Å². The molecule has 0 fully saturated rings. The highest BCUT2D eigenvalue weighted by Gasteiger charge is 2.20. The van der Waals surface area contributed by atoms with Crippen LogP contribution in [-0.4, -0.2) is 33.9 Å². The topological polar surface area (TPSA) is 81.9 Å². The summed E-state index contributed by atoms with van der Waals surface area (Å²) in [5.41, 5.74) is 1.95. The van der Waals surface area contributed by atoms with E-state index < -0.39 is 23.1 Å². The van der Waals surface area contributed by atoms with E-state index >= 15 is 0 Å². The van der Waals surface area contributed by atoms with Crippen LogP contribution in [0.5, 0.6) is 0 Å². The van der Waals surface area contributed by atoms with Crippen molar-refractivity contribution in [1.82, 2.24) is 14.9 Å². The number of carbonyl (C=O) groups is 1. The first-order chi connectivity index (χ1) is 12.5. The Morgan fingerprint density at radius 1 is 1.27 bits per heavy atom. The highest BCUT2D eigenvalue weighted by Crippen LogP contribution is 2.24. The van der Waals surface area contributed by atoms with Crippen molar-refractivity contribution in [2.24, 2.45) is 0 Å². The Bertz CT molecular complexity index is 898. The van der Waals surface area contributed by atoms with Gasteiger partial charge in [-0.25, -0.2) is 13.8 Å². The fourth-order valence-corrected chi connectivity index (χ4v) is 2.69. The first-order valence-corrected chi connectivity index (χ1v) is 7.90. The van der Waals surface area contributed by atoms with E-state index in [-0.39, 0.29) is 5.82 Å². The Kier molecular flexibility index (Phi) is 4.89. The number of nitrogens with zero attached hydrogens (tertiary/aromatic N) is 4. The molecule has 0 unspecified atom stereocenters. The van der Waals surface area contributed by atoms with E-state index in [0.717, 1.165) is 29.7 Å². The predicted octanol–water partition coefficient (Wildman–Crippen LogP) is 2.97. The van der Waals surface area contributed by atoms with Crippen LogP contribution in [0.1, 0.15) is 29.4 Å². The number of nitriles is 1. The lowest BCUT2D eigenvalue weighted by atomic mass is 9.99. The summed E-state index contributed by atoms with van der Waals surface area (Å²) in [4.78, 5) is 22.0. The van der Waals surface area contributed by atoms with Gasteiger partial charge in [0.25, 0.3) is 5.91 Å². The lowest BCUT2D eigenvalue weighted by molar-refractivity contribution is 0.101. The van der Waals surface area contributed by atoms with Gasteiger partial charge >= 0.3 is 0 Å². The Morgan fingerprint density at radius 3 is 2.62 bits per heavy atom. The van der Waals surface area contributed by atoms with Crippen LogP contribution in [0.4, 0.5) is 14.6 Å². The monoisotopic (exact) mass is 355 g/mol. The highest BCUT2D eigenvalue weighted by atomic mass is 19.1. The van der Waals surface area contributed by atoms with Gasteiger partial charge in [-0.2, -0.15) is 5.26 Å². The SMILES string of the molecule is CC1=C(c2cnc(NC(=O)c3c(F)cccc3F)cn2)CN(C#N)CC1. The van der Waals surface area contributed by atoms with Gasteiger partial charge in [-0.05, 0) is 31.1 Å². The molecular weight excluding hydrogens is 340 g/mol. The van der Waals surface area contributed by atoms with Gasteiger partial charge in [0.2, 0.25) is 0 Å². The molecular formula is C18H15F2N5O. The molecule has 0 saturated carbocycles. The molecule has 1 aliphatic rings. The largest absolute Gasteiger partial charge is 0.306 e. The molecule has 0 radical (unpaired) electrons. The van der Waals surface area contributed by atoms with Gasteiger partial charge in [-0.1, -0.05) is 11.6 Å². The minimum absolute atomic E-state index is 0.0765. The van der Waals surface area contributed by atoms with Gasteiger partial charge in [0.05, 0.1) is 24.6 Å². The van der Waals surface area contributed by atoms with E-state index in [2.05, 4.69) is 21.5 Å². The van der Waals surface area contributed by atoms with Crippen LogP contribution in [-0.2, 0) is 0 Å². The number of benzene rings is 1. The summed E-state index contributed by atoms with van der Waals surface area (Å²) in [5, 5.41) is 11.4. The van der Waals surface area contributed by atoms with Gasteiger partial charge in [0.15, 0.2) is 12.0 Å². The van der Waals surface area contributed by atoms with Crippen LogP contribution >= 0.6 is 0 Å². The molecule has 0 atom stereocenters. The first-order valence-electron chi connectivity index (χ1n) is 7.90. The maximum Gasteiger partial charge on any atom is 0.262 e. The summed E-state index contributed by atoms with van der Waals surface area (Å²) in [6, 6.07) is 3.19. The number of rotatable bonds is 3. The second-order valence-electron chi connectivity index (χ2n) is 5.87. The minimum Gasteiger partial charge on any atom is -0.306 e. The second-order valence-corrected chi connectivity index (χ2v) is 5.87. The number of hydrogen-bond donors (Lipinski definition) is 1. The highest BCUT2D eigenvalue weighted by molar-refractivity contribution is 6.04. The molecule has 1 aromatic carbocycles. The summed E-state index contributed by atoms with van der Waals surface area (Å²) >= 11 is 0. The summed E-state index contributed by atoms with van der Waals surface area (Å²) in [6.07, 6.45) is 5.66. The van der Waals surface area contributed by atoms with E-state index in [4.69, 9.17) is 5.26 Å². The maximum absolute atomic E-state index is 13.6. The normalized spacial score (nSPS) is 14.2. The number of amides is 1. The molecule has 6 nitrogen and oxygen atoms in total. The zero-order valence-electron chi connectivity index (χ0n) is 14.0. The Hall–Kier alpha value is -3.34. The molecule has 0 bridgehead atoms. The molecule has 3 rings (SSSR count). The Labute approximate surface area is 148 Å². The number of anilines is 1. The fourth-order valence-electron chi connectivity index (χ4n) is 2.69. The quantitative estimate of drug-likeness (QED) is 0.856. The number of carbonyl (C=O) groups excluding carboxylic acids is 1. The molecule has 8 heteroatoms. The number of nitrogens with one attached hydrogen (secondary N) is 1. The molecule has 2 aromatic rings. The van der Waals surface area contributed by atoms with Crippen molar-refractivity contribution in [3.63, 3.8) is 0 Å². The molecule has 132 valence electrons. The van der Waals surface area contributed by atoms with Crippen LogP contribution < -0.4 is 5.32 Å². The average molecular weight is 355 g/mol. The summed E-state index contributed by atoms with van der Waals surface area (Å²) < 4.78 is 27.3. The number of aromatic nitrogens is 2. The molecule has 1 N–H and O–H groups in total. The van der Waals surface area contributed by atoms with E-state index in [0.29, 0.717) is 18.8 Å². The maximum atomic E-state index is 13.6. The Balaban J connectivity index is 1.78. The molecule has 0 spiro atoms. The van der Waals surface area contributed by atoms with Crippen molar-refractivity contribution in [1.29, 1.82) is 5.26 Å². The van der Waals surface area contributed by atoms with Crippen molar-refractivity contribution >= 4 is 17.3 Å². The molecule has 0 aliphatic carbocycles. The van der Waals surface area contributed by atoms with Crippen molar-refractivity contribution in [3.05, 3.63) is 59.1 Å². The molecule has 1 amide bonds. The molecule has 0 saturated heterocycles. The van der Waals surface area contributed by atoms with Crippen molar-refractivity contribution in [2.45, 2.75) is 13.3 Å². The third-order valence-electron chi connectivity index (χ3n) is 4.15. The van der Waals surface area contributed by atoms with Crippen LogP contribution in [0.2, 0.25) is 0 Å². The zero-order chi connectivity index (χ0) is 18.7. The second kappa shape index (κ2) is 7.27. The summed E-state index contributed by atoms with van der Waals surface area (Å²) in [6.45, 7) is 3.09. The fraction of sp³-hybridized carbons (Fsp3) is 0.222. The molecule has 1 aliphatic heterocycles. The predicted molar refractivity (Wildman–Crippen MR) is 90.7 cm³/mol. The van der Waals surface area contributed by atoms with E-state index in [1.807, 2.05) is 6.92 Å². The van der Waals surface area contributed by atoms with E-state index in [9.17, 15) is 13.6 Å². The van der Waals surface area contributed by atoms with Crippen LogP contribution in [0.3, 0.4) is 0 Å². The van der Waals surface area contributed by atoms with Crippen LogP contribution in [0.25, 0.3) is 5.57 Å². The lowest BCUT2D eigenvalue weighted by Crippen LogP contribution is -2.26. The van der Waals surface area contributed by atoms with E-state index in [1.165, 1.54) is 18.5 Å². The zero-order valence-corrected chi connectivity index (χ0v) is 14.0. The minimum atomic E-state index is -0.952. The molecule has 1 aromatic heterocycles. The molecule has 2 heterocycles. The molecule has 26 heavy (non-hydrogen) atoms. The van der Waals surface area contributed by atoms with Gasteiger partial charge < -0.3 is 10.2 Å². The average Bonchev–Trinajstić information content (AvgIpc) is 2.63. The van der Waals surface area contributed by atoms with Crippen LogP contribution in [0.15, 0.2) is 36.2 Å². The van der Waals surface area contributed by atoms with Crippen LogP contribution in [0, 0.1) is 23.1 Å². The van der Waals surface area contributed by atoms with Gasteiger partial charge in [-0.15, -0.1) is 0 Å². The standard InChI is InChI=1S/C18H15F2N5O/c1-11-5-6-25(10-21)9-12(11)15-7-23-16(8-22-15)24-18(26)17-13(19)3-2-4-14(17)20/h2-4,7-8H,5-6,9H2,1H3,(H,23,24,26). The van der Waals surface area contributed by atoms with Gasteiger partial charge in [0, 0.05) is 6.54 Å². The van der Waals surface area contributed by atoms with E-state index in [1.54, 1.807) is 4.90 Å². The number of hydrogen-bond acceptors (Lipinski definition) is 5. The Morgan fingerprint density at radius 2 is 2.00 bits per heavy atom. The smallest absolute Gasteiger partial charge is 0.262 e. The third kappa shape index (κ3) is 3.52. The third-order valence-corrected chi connectivity index (χ3v) is 4.15. The lowest BCUT2D eigenvalue weighted by Gasteiger charge is -2.25. The van der Waals surface area contributed by atoms with Gasteiger partial charge in [0.1, 0.15) is 17.2 Å².